The number of nitrogens with two attached hydrogens (primary N) is 1. The fourth-order valence-electron chi connectivity index (χ4n) is 2.37. The number of aliphatic hydroxyl groups excluding tert-OH is 1. The molecular weight excluding hydrogens is 226 g/mol. The molecule has 0 aliphatic rings. The summed E-state index contributed by atoms with van der Waals surface area (Å²) in [6, 6.07) is 2.38. The summed E-state index contributed by atoms with van der Waals surface area (Å²) in [5.41, 5.74) is 8.08. The van der Waals surface area contributed by atoms with Crippen LogP contribution in [0.1, 0.15) is 37.8 Å². The Bertz CT molecular complexity index is 364. The van der Waals surface area contributed by atoms with Gasteiger partial charge in [0, 0.05) is 30.9 Å². The number of aromatic nitrogens is 1. The molecule has 0 spiro atoms. The highest BCUT2D eigenvalue weighted by atomic mass is 16.3. The highest BCUT2D eigenvalue weighted by Gasteiger charge is 2.19. The highest BCUT2D eigenvalue weighted by Crippen LogP contribution is 2.24. The number of aliphatic hydroxyl groups is 1. The third-order valence-corrected chi connectivity index (χ3v) is 3.47. The standard InChI is InChI=1S/C14H25N3O/c1-4-12(5-2)17(8-9-18)14-13(10-15)11(3)6-7-16-14/h6-7,12,18H,4-5,8-10,15H2,1-3H3. The molecule has 0 saturated carbocycles. The molecule has 0 amide bonds. The number of hydrogen-bond donors (Lipinski definition) is 2. The molecule has 0 aliphatic carbocycles. The summed E-state index contributed by atoms with van der Waals surface area (Å²) in [5.74, 6) is 0.931. The molecule has 1 heterocycles. The van der Waals surface area contributed by atoms with Crippen molar-refractivity contribution >= 4 is 5.82 Å². The summed E-state index contributed by atoms with van der Waals surface area (Å²) in [5, 5.41) is 9.27. The number of rotatable bonds is 7. The molecule has 1 rings (SSSR count). The molecule has 0 saturated heterocycles. The molecule has 0 unspecified atom stereocenters. The van der Waals surface area contributed by atoms with E-state index < -0.39 is 0 Å². The van der Waals surface area contributed by atoms with E-state index in [2.05, 4.69) is 30.7 Å². The van der Waals surface area contributed by atoms with Gasteiger partial charge in [-0.15, -0.1) is 0 Å². The Labute approximate surface area is 110 Å². The number of nitrogens with zero attached hydrogens (tertiary/aromatic N) is 2. The van der Waals surface area contributed by atoms with Gasteiger partial charge in [0.15, 0.2) is 0 Å². The maximum atomic E-state index is 9.27. The molecule has 0 radical (unpaired) electrons. The van der Waals surface area contributed by atoms with Crippen LogP contribution in [-0.2, 0) is 6.54 Å². The molecule has 18 heavy (non-hydrogen) atoms. The summed E-state index contributed by atoms with van der Waals surface area (Å²) in [4.78, 5) is 6.67. The Balaban J connectivity index is 3.16. The van der Waals surface area contributed by atoms with Crippen LogP contribution >= 0.6 is 0 Å². The minimum absolute atomic E-state index is 0.135. The molecular formula is C14H25N3O. The summed E-state index contributed by atoms with van der Waals surface area (Å²) in [6.07, 6.45) is 3.89. The smallest absolute Gasteiger partial charge is 0.133 e. The van der Waals surface area contributed by atoms with E-state index in [9.17, 15) is 5.11 Å². The van der Waals surface area contributed by atoms with Crippen molar-refractivity contribution in [3.8, 4) is 0 Å². The average Bonchev–Trinajstić information content (AvgIpc) is 2.38. The zero-order chi connectivity index (χ0) is 13.5. The van der Waals surface area contributed by atoms with E-state index in [0.29, 0.717) is 19.1 Å². The van der Waals surface area contributed by atoms with Gasteiger partial charge in [-0.2, -0.15) is 0 Å². The summed E-state index contributed by atoms with van der Waals surface area (Å²) < 4.78 is 0. The Morgan fingerprint density at radius 2 is 2.06 bits per heavy atom. The number of aryl methyl sites for hydroxylation is 1. The van der Waals surface area contributed by atoms with Crippen LogP contribution in [0.25, 0.3) is 0 Å². The van der Waals surface area contributed by atoms with Crippen LogP contribution in [0.5, 0.6) is 0 Å². The summed E-state index contributed by atoms with van der Waals surface area (Å²) >= 11 is 0. The second-order valence-corrected chi connectivity index (χ2v) is 4.52. The van der Waals surface area contributed by atoms with E-state index in [1.54, 1.807) is 0 Å². The van der Waals surface area contributed by atoms with E-state index in [4.69, 9.17) is 5.73 Å². The third kappa shape index (κ3) is 3.21. The predicted molar refractivity (Wildman–Crippen MR) is 75.7 cm³/mol. The van der Waals surface area contributed by atoms with Gasteiger partial charge in [0.2, 0.25) is 0 Å². The molecule has 4 heteroatoms. The van der Waals surface area contributed by atoms with Crippen molar-refractivity contribution in [1.82, 2.24) is 4.98 Å². The van der Waals surface area contributed by atoms with Crippen molar-refractivity contribution in [2.45, 2.75) is 46.2 Å². The van der Waals surface area contributed by atoms with E-state index in [0.717, 1.165) is 29.8 Å². The quantitative estimate of drug-likeness (QED) is 0.776. The molecule has 3 N–H and O–H groups in total. The maximum absolute atomic E-state index is 9.27. The SMILES string of the molecule is CCC(CC)N(CCO)c1nccc(C)c1CN. The highest BCUT2D eigenvalue weighted by molar-refractivity contribution is 5.51. The number of hydrogen-bond acceptors (Lipinski definition) is 4. The van der Waals surface area contributed by atoms with Gasteiger partial charge in [-0.1, -0.05) is 13.8 Å². The molecule has 1 aromatic rings. The van der Waals surface area contributed by atoms with Crippen molar-refractivity contribution in [3.05, 3.63) is 23.4 Å². The topological polar surface area (TPSA) is 62.4 Å². The van der Waals surface area contributed by atoms with Gasteiger partial charge in [-0.3, -0.25) is 0 Å². The van der Waals surface area contributed by atoms with Crippen LogP contribution in [0.2, 0.25) is 0 Å². The predicted octanol–water partition coefficient (Wildman–Crippen LogP) is 1.84. The van der Waals surface area contributed by atoms with Gasteiger partial charge in [0.1, 0.15) is 5.82 Å². The van der Waals surface area contributed by atoms with E-state index >= 15 is 0 Å². The van der Waals surface area contributed by atoms with Crippen molar-refractivity contribution in [2.24, 2.45) is 5.73 Å². The third-order valence-electron chi connectivity index (χ3n) is 3.47. The zero-order valence-corrected chi connectivity index (χ0v) is 11.7. The van der Waals surface area contributed by atoms with Crippen LogP contribution in [0.15, 0.2) is 12.3 Å². The Hall–Kier alpha value is -1.13. The van der Waals surface area contributed by atoms with E-state index in [-0.39, 0.29) is 6.61 Å². The van der Waals surface area contributed by atoms with Gasteiger partial charge in [0.05, 0.1) is 6.61 Å². The fraction of sp³-hybridized carbons (Fsp3) is 0.643. The van der Waals surface area contributed by atoms with Crippen LogP contribution in [-0.4, -0.2) is 29.3 Å². The molecule has 102 valence electrons. The first kappa shape index (κ1) is 14.9. The van der Waals surface area contributed by atoms with Gasteiger partial charge < -0.3 is 15.7 Å². The normalized spacial score (nSPS) is 11.0. The Morgan fingerprint density at radius 3 is 2.56 bits per heavy atom. The van der Waals surface area contributed by atoms with Crippen molar-refractivity contribution in [1.29, 1.82) is 0 Å². The van der Waals surface area contributed by atoms with Crippen molar-refractivity contribution in [3.63, 3.8) is 0 Å². The van der Waals surface area contributed by atoms with Gasteiger partial charge in [0.25, 0.3) is 0 Å². The minimum Gasteiger partial charge on any atom is -0.395 e. The van der Waals surface area contributed by atoms with Gasteiger partial charge in [-0.05, 0) is 31.4 Å². The average molecular weight is 251 g/mol. The molecule has 0 aromatic carbocycles. The zero-order valence-electron chi connectivity index (χ0n) is 11.7. The van der Waals surface area contributed by atoms with Crippen LogP contribution in [0.4, 0.5) is 5.82 Å². The summed E-state index contributed by atoms with van der Waals surface area (Å²) in [7, 11) is 0. The lowest BCUT2D eigenvalue weighted by molar-refractivity contribution is 0.295. The first-order valence-corrected chi connectivity index (χ1v) is 6.71. The van der Waals surface area contributed by atoms with Crippen LogP contribution in [0.3, 0.4) is 0 Å². The molecule has 1 aromatic heterocycles. The molecule has 0 bridgehead atoms. The molecule has 0 fully saturated rings. The van der Waals surface area contributed by atoms with Crippen LogP contribution < -0.4 is 10.6 Å². The van der Waals surface area contributed by atoms with Gasteiger partial charge in [-0.25, -0.2) is 4.98 Å². The number of anilines is 1. The van der Waals surface area contributed by atoms with Crippen molar-refractivity contribution in [2.75, 3.05) is 18.1 Å². The summed E-state index contributed by atoms with van der Waals surface area (Å²) in [6.45, 7) is 7.60. The van der Waals surface area contributed by atoms with Crippen LogP contribution in [0, 0.1) is 6.92 Å². The second-order valence-electron chi connectivity index (χ2n) is 4.52. The minimum atomic E-state index is 0.135. The second kappa shape index (κ2) is 7.34. The first-order valence-electron chi connectivity index (χ1n) is 6.71. The maximum Gasteiger partial charge on any atom is 0.133 e. The lowest BCUT2D eigenvalue weighted by Crippen LogP contribution is -2.38. The number of pyridine rings is 1. The Morgan fingerprint density at radius 1 is 1.39 bits per heavy atom. The van der Waals surface area contributed by atoms with Gasteiger partial charge >= 0.3 is 0 Å². The van der Waals surface area contributed by atoms with Crippen molar-refractivity contribution < 1.29 is 5.11 Å². The lowest BCUT2D eigenvalue weighted by atomic mass is 10.1. The first-order chi connectivity index (χ1) is 8.69. The lowest BCUT2D eigenvalue weighted by Gasteiger charge is -2.32. The molecule has 4 nitrogen and oxygen atoms in total. The Kier molecular flexibility index (Phi) is 6.09. The molecule has 0 atom stereocenters. The monoisotopic (exact) mass is 251 g/mol. The van der Waals surface area contributed by atoms with E-state index in [1.807, 2.05) is 12.3 Å². The largest absolute Gasteiger partial charge is 0.395 e. The molecule has 0 aliphatic heterocycles. The van der Waals surface area contributed by atoms with E-state index in [1.165, 1.54) is 0 Å². The fourth-order valence-corrected chi connectivity index (χ4v) is 2.37.